The van der Waals surface area contributed by atoms with Crippen molar-refractivity contribution in [1.29, 1.82) is 0 Å². The summed E-state index contributed by atoms with van der Waals surface area (Å²) in [6, 6.07) is 5.98. The molecule has 0 aromatic heterocycles. The largest absolute Gasteiger partial charge is 0.398 e. The Kier molecular flexibility index (Phi) is 2.80. The highest BCUT2D eigenvalue weighted by molar-refractivity contribution is 5.63. The third-order valence-electron chi connectivity index (χ3n) is 3.68. The van der Waals surface area contributed by atoms with Crippen molar-refractivity contribution in [2.24, 2.45) is 0 Å². The lowest BCUT2D eigenvalue weighted by Crippen LogP contribution is -2.41. The zero-order valence-electron chi connectivity index (χ0n) is 10.2. The molecule has 0 saturated carbocycles. The Morgan fingerprint density at radius 2 is 2.25 bits per heavy atom. The van der Waals surface area contributed by atoms with Crippen molar-refractivity contribution in [3.8, 4) is 0 Å². The van der Waals surface area contributed by atoms with E-state index in [1.165, 1.54) is 0 Å². The van der Waals surface area contributed by atoms with E-state index in [2.05, 4.69) is 25.2 Å². The van der Waals surface area contributed by atoms with Gasteiger partial charge in [-0.1, -0.05) is 6.07 Å². The van der Waals surface area contributed by atoms with Crippen molar-refractivity contribution >= 4 is 11.4 Å². The lowest BCUT2D eigenvalue weighted by atomic mass is 9.93. The maximum absolute atomic E-state index is 5.90. The predicted octanol–water partition coefficient (Wildman–Crippen LogP) is 2.56. The van der Waals surface area contributed by atoms with Crippen LogP contribution in [0.3, 0.4) is 0 Å². The lowest BCUT2D eigenvalue weighted by molar-refractivity contribution is 0.105. The standard InChI is InChI=1S/C13H20N2O/c1-9-11(14)5-4-6-12(9)15-13(3)7-8-16-10(13)2/h4-6,10,15H,7-8,14H2,1-3H3. The maximum Gasteiger partial charge on any atom is 0.0774 e. The molecule has 0 aliphatic carbocycles. The molecule has 2 unspecified atom stereocenters. The van der Waals surface area contributed by atoms with Crippen LogP contribution in [0.25, 0.3) is 0 Å². The number of hydrogen-bond acceptors (Lipinski definition) is 3. The van der Waals surface area contributed by atoms with Gasteiger partial charge >= 0.3 is 0 Å². The van der Waals surface area contributed by atoms with Crippen molar-refractivity contribution in [2.45, 2.75) is 38.8 Å². The molecular weight excluding hydrogens is 200 g/mol. The summed E-state index contributed by atoms with van der Waals surface area (Å²) < 4.78 is 5.62. The molecule has 2 atom stereocenters. The second-order valence-electron chi connectivity index (χ2n) is 4.83. The molecule has 3 nitrogen and oxygen atoms in total. The number of hydrogen-bond donors (Lipinski definition) is 2. The number of benzene rings is 1. The zero-order chi connectivity index (χ0) is 11.8. The molecule has 88 valence electrons. The minimum atomic E-state index is 0.0125. The SMILES string of the molecule is Cc1c(N)cccc1NC1(C)CCOC1C. The minimum Gasteiger partial charge on any atom is -0.398 e. The van der Waals surface area contributed by atoms with Crippen LogP contribution in [0.5, 0.6) is 0 Å². The average molecular weight is 220 g/mol. The first-order chi connectivity index (χ1) is 7.53. The van der Waals surface area contributed by atoms with Gasteiger partial charge in [0.25, 0.3) is 0 Å². The van der Waals surface area contributed by atoms with Gasteiger partial charge < -0.3 is 15.8 Å². The van der Waals surface area contributed by atoms with Gasteiger partial charge in [-0.2, -0.15) is 0 Å². The average Bonchev–Trinajstić information content (AvgIpc) is 2.55. The maximum atomic E-state index is 5.90. The second kappa shape index (κ2) is 3.98. The van der Waals surface area contributed by atoms with Crippen LogP contribution in [-0.2, 0) is 4.74 Å². The summed E-state index contributed by atoms with van der Waals surface area (Å²) in [6.45, 7) is 7.18. The fraction of sp³-hybridized carbons (Fsp3) is 0.538. The normalized spacial score (nSPS) is 29.3. The molecule has 3 heteroatoms. The number of ether oxygens (including phenoxy) is 1. The van der Waals surface area contributed by atoms with Crippen molar-refractivity contribution in [3.05, 3.63) is 23.8 Å². The Hall–Kier alpha value is -1.22. The molecule has 1 aliphatic rings. The van der Waals surface area contributed by atoms with Crippen molar-refractivity contribution in [3.63, 3.8) is 0 Å². The van der Waals surface area contributed by atoms with Gasteiger partial charge in [0.1, 0.15) is 0 Å². The summed E-state index contributed by atoms with van der Waals surface area (Å²) in [5.74, 6) is 0. The number of nitrogen functional groups attached to an aromatic ring is 1. The smallest absolute Gasteiger partial charge is 0.0774 e. The van der Waals surface area contributed by atoms with E-state index in [9.17, 15) is 0 Å². The van der Waals surface area contributed by atoms with Gasteiger partial charge in [-0.05, 0) is 44.9 Å². The van der Waals surface area contributed by atoms with E-state index in [4.69, 9.17) is 10.5 Å². The molecule has 0 bridgehead atoms. The molecule has 1 aromatic carbocycles. The third kappa shape index (κ3) is 1.87. The quantitative estimate of drug-likeness (QED) is 0.753. The highest BCUT2D eigenvalue weighted by atomic mass is 16.5. The number of anilines is 2. The van der Waals surface area contributed by atoms with Crippen LogP contribution in [0, 0.1) is 6.92 Å². The fourth-order valence-corrected chi connectivity index (χ4v) is 2.10. The van der Waals surface area contributed by atoms with Gasteiger partial charge in [-0.3, -0.25) is 0 Å². The molecule has 2 rings (SSSR count). The van der Waals surface area contributed by atoms with Gasteiger partial charge in [0, 0.05) is 18.0 Å². The van der Waals surface area contributed by atoms with E-state index in [-0.39, 0.29) is 11.6 Å². The highest BCUT2D eigenvalue weighted by Gasteiger charge is 2.37. The monoisotopic (exact) mass is 220 g/mol. The van der Waals surface area contributed by atoms with Crippen molar-refractivity contribution < 1.29 is 4.74 Å². The summed E-state index contributed by atoms with van der Waals surface area (Å²) in [5, 5.41) is 3.57. The highest BCUT2D eigenvalue weighted by Crippen LogP contribution is 2.31. The Balaban J connectivity index is 2.24. The van der Waals surface area contributed by atoms with Crippen LogP contribution in [0.15, 0.2) is 18.2 Å². The van der Waals surface area contributed by atoms with Gasteiger partial charge in [0.2, 0.25) is 0 Å². The van der Waals surface area contributed by atoms with Gasteiger partial charge in [-0.15, -0.1) is 0 Å². The summed E-state index contributed by atoms with van der Waals surface area (Å²) in [7, 11) is 0. The summed E-state index contributed by atoms with van der Waals surface area (Å²) >= 11 is 0. The Morgan fingerprint density at radius 3 is 2.88 bits per heavy atom. The molecule has 1 fully saturated rings. The molecule has 1 aliphatic heterocycles. The Morgan fingerprint density at radius 1 is 1.50 bits per heavy atom. The fourth-order valence-electron chi connectivity index (χ4n) is 2.10. The molecule has 3 N–H and O–H groups in total. The van der Waals surface area contributed by atoms with E-state index in [0.29, 0.717) is 0 Å². The zero-order valence-corrected chi connectivity index (χ0v) is 10.2. The predicted molar refractivity (Wildman–Crippen MR) is 67.7 cm³/mol. The third-order valence-corrected chi connectivity index (χ3v) is 3.68. The van der Waals surface area contributed by atoms with Gasteiger partial charge in [-0.25, -0.2) is 0 Å². The van der Waals surface area contributed by atoms with E-state index >= 15 is 0 Å². The van der Waals surface area contributed by atoms with Crippen LogP contribution < -0.4 is 11.1 Å². The molecule has 0 radical (unpaired) electrons. The van der Waals surface area contributed by atoms with Crippen LogP contribution in [0.4, 0.5) is 11.4 Å². The summed E-state index contributed by atoms with van der Waals surface area (Å²) in [6.07, 6.45) is 1.26. The molecule has 0 spiro atoms. The first-order valence-corrected chi connectivity index (χ1v) is 5.78. The van der Waals surface area contributed by atoms with Crippen LogP contribution in [0.2, 0.25) is 0 Å². The number of nitrogens with one attached hydrogen (secondary N) is 1. The molecule has 1 heterocycles. The van der Waals surface area contributed by atoms with Crippen molar-refractivity contribution in [2.75, 3.05) is 17.7 Å². The summed E-state index contributed by atoms with van der Waals surface area (Å²) in [4.78, 5) is 0. The van der Waals surface area contributed by atoms with Crippen molar-refractivity contribution in [1.82, 2.24) is 0 Å². The second-order valence-corrected chi connectivity index (χ2v) is 4.83. The number of rotatable bonds is 2. The molecule has 1 aromatic rings. The topological polar surface area (TPSA) is 47.3 Å². The number of nitrogens with two attached hydrogens (primary N) is 1. The van der Waals surface area contributed by atoms with E-state index < -0.39 is 0 Å². The Bertz CT molecular complexity index is 392. The Labute approximate surface area is 97.0 Å². The first-order valence-electron chi connectivity index (χ1n) is 5.78. The van der Waals surface area contributed by atoms with E-state index in [1.807, 2.05) is 19.1 Å². The molecule has 0 amide bonds. The molecule has 16 heavy (non-hydrogen) atoms. The van der Waals surface area contributed by atoms with Crippen LogP contribution in [0.1, 0.15) is 25.8 Å². The van der Waals surface area contributed by atoms with Gasteiger partial charge in [0.05, 0.1) is 11.6 Å². The van der Waals surface area contributed by atoms with Crippen LogP contribution >= 0.6 is 0 Å². The molecular formula is C13H20N2O. The van der Waals surface area contributed by atoms with E-state index in [0.717, 1.165) is 30.0 Å². The van der Waals surface area contributed by atoms with Gasteiger partial charge in [0.15, 0.2) is 0 Å². The summed E-state index contributed by atoms with van der Waals surface area (Å²) in [5.41, 5.74) is 8.97. The van der Waals surface area contributed by atoms with Crippen LogP contribution in [-0.4, -0.2) is 18.2 Å². The molecule has 1 saturated heterocycles. The van der Waals surface area contributed by atoms with E-state index in [1.54, 1.807) is 0 Å². The lowest BCUT2D eigenvalue weighted by Gasteiger charge is -2.31. The minimum absolute atomic E-state index is 0.0125. The first kappa shape index (κ1) is 11.3.